The van der Waals surface area contributed by atoms with E-state index in [0.29, 0.717) is 0 Å². The Morgan fingerprint density at radius 1 is 1.19 bits per heavy atom. The molecule has 0 aromatic heterocycles. The second kappa shape index (κ2) is 5.63. The Morgan fingerprint density at radius 3 is 2.43 bits per heavy atom. The summed E-state index contributed by atoms with van der Waals surface area (Å²) in [5.74, 6) is -1.19. The van der Waals surface area contributed by atoms with Gasteiger partial charge in [-0.05, 0) is 30.3 Å². The molecule has 0 bridgehead atoms. The van der Waals surface area contributed by atoms with E-state index in [9.17, 15) is 13.2 Å². The number of carbonyl (C=O) groups is 1. The van der Waals surface area contributed by atoms with Gasteiger partial charge in [-0.1, -0.05) is 23.7 Å². The molecule has 0 fully saturated rings. The van der Waals surface area contributed by atoms with Gasteiger partial charge in [0.05, 0.1) is 22.0 Å². The van der Waals surface area contributed by atoms with Crippen LogP contribution in [-0.4, -0.2) is 19.5 Å². The van der Waals surface area contributed by atoms with Gasteiger partial charge in [0, 0.05) is 0 Å². The molecule has 0 aliphatic rings. The van der Waals surface area contributed by atoms with Crippen molar-refractivity contribution in [2.24, 2.45) is 0 Å². The maximum absolute atomic E-state index is 12.3. The predicted octanol–water partition coefficient (Wildman–Crippen LogP) is 2.42. The summed E-state index contributed by atoms with van der Waals surface area (Å²) in [7, 11) is -3.96. The second-order valence-electron chi connectivity index (χ2n) is 4.14. The Labute approximate surface area is 126 Å². The van der Waals surface area contributed by atoms with Gasteiger partial charge in [-0.15, -0.1) is 0 Å². The summed E-state index contributed by atoms with van der Waals surface area (Å²) in [5.41, 5.74) is 5.58. The molecule has 6 nitrogen and oxygen atoms in total. The number of nitrogens with one attached hydrogen (secondary N) is 1. The number of hydrogen-bond acceptors (Lipinski definition) is 4. The lowest BCUT2D eigenvalue weighted by molar-refractivity contribution is 0.0697. The Balaban J connectivity index is 2.41. The number of sulfonamides is 1. The van der Waals surface area contributed by atoms with Crippen molar-refractivity contribution in [1.29, 1.82) is 0 Å². The standard InChI is InChI=1S/C13H11ClN2O4S/c14-9-3-1-2-4-11(9)16-21(19,20)12-6-5-8(13(17)18)7-10(12)15/h1-7,16H,15H2,(H,17,18). The fraction of sp³-hybridized carbons (Fsp3) is 0. The molecule has 0 radical (unpaired) electrons. The van der Waals surface area contributed by atoms with Crippen molar-refractivity contribution in [3.8, 4) is 0 Å². The fourth-order valence-corrected chi connectivity index (χ4v) is 3.10. The zero-order valence-corrected chi connectivity index (χ0v) is 12.1. The number of rotatable bonds is 4. The van der Waals surface area contributed by atoms with Gasteiger partial charge >= 0.3 is 5.97 Å². The number of carboxylic acids is 1. The van der Waals surface area contributed by atoms with E-state index in [1.807, 2.05) is 0 Å². The van der Waals surface area contributed by atoms with Gasteiger partial charge < -0.3 is 10.8 Å². The number of para-hydroxylation sites is 1. The number of hydrogen-bond donors (Lipinski definition) is 3. The molecule has 2 aromatic rings. The highest BCUT2D eigenvalue weighted by Gasteiger charge is 2.19. The van der Waals surface area contributed by atoms with Crippen LogP contribution < -0.4 is 10.5 Å². The number of nitrogens with two attached hydrogens (primary N) is 1. The van der Waals surface area contributed by atoms with Gasteiger partial charge in [-0.25, -0.2) is 13.2 Å². The number of nitrogen functional groups attached to an aromatic ring is 1. The third-order valence-corrected chi connectivity index (χ3v) is 4.43. The maximum Gasteiger partial charge on any atom is 0.335 e. The monoisotopic (exact) mass is 326 g/mol. The van der Waals surface area contributed by atoms with Crippen LogP contribution in [0.4, 0.5) is 11.4 Å². The average Bonchev–Trinajstić information content (AvgIpc) is 2.40. The van der Waals surface area contributed by atoms with Gasteiger partial charge in [-0.3, -0.25) is 4.72 Å². The van der Waals surface area contributed by atoms with Crippen molar-refractivity contribution in [2.45, 2.75) is 4.90 Å². The number of benzene rings is 2. The zero-order chi connectivity index (χ0) is 15.6. The van der Waals surface area contributed by atoms with E-state index in [0.717, 1.165) is 12.1 Å². The third kappa shape index (κ3) is 3.26. The van der Waals surface area contributed by atoms with E-state index in [1.165, 1.54) is 18.2 Å². The van der Waals surface area contributed by atoms with Crippen LogP contribution in [0.3, 0.4) is 0 Å². The van der Waals surface area contributed by atoms with Gasteiger partial charge in [0.1, 0.15) is 4.90 Å². The molecule has 0 spiro atoms. The van der Waals surface area contributed by atoms with E-state index in [2.05, 4.69) is 4.72 Å². The summed E-state index contributed by atoms with van der Waals surface area (Å²) in [5, 5.41) is 9.07. The maximum atomic E-state index is 12.3. The summed E-state index contributed by atoms with van der Waals surface area (Å²) >= 11 is 5.89. The third-order valence-electron chi connectivity index (χ3n) is 2.66. The zero-order valence-electron chi connectivity index (χ0n) is 10.6. The highest BCUT2D eigenvalue weighted by atomic mass is 35.5. The van der Waals surface area contributed by atoms with Crippen molar-refractivity contribution in [2.75, 3.05) is 10.5 Å². The van der Waals surface area contributed by atoms with E-state index in [1.54, 1.807) is 12.1 Å². The van der Waals surface area contributed by atoms with Crippen LogP contribution in [0.15, 0.2) is 47.4 Å². The van der Waals surface area contributed by atoms with E-state index >= 15 is 0 Å². The number of anilines is 2. The van der Waals surface area contributed by atoms with Gasteiger partial charge in [0.15, 0.2) is 0 Å². The lowest BCUT2D eigenvalue weighted by atomic mass is 10.2. The predicted molar refractivity (Wildman–Crippen MR) is 80.1 cm³/mol. The normalized spacial score (nSPS) is 11.1. The Hall–Kier alpha value is -2.25. The smallest absolute Gasteiger partial charge is 0.335 e. The molecule has 0 atom stereocenters. The number of carboxylic acid groups (broad SMARTS) is 1. The number of halogens is 1. The molecule has 4 N–H and O–H groups in total. The topological polar surface area (TPSA) is 109 Å². The fourth-order valence-electron chi connectivity index (χ4n) is 1.67. The van der Waals surface area contributed by atoms with Crippen molar-refractivity contribution in [1.82, 2.24) is 0 Å². The van der Waals surface area contributed by atoms with E-state index in [4.69, 9.17) is 22.4 Å². The van der Waals surface area contributed by atoms with E-state index in [-0.39, 0.29) is 26.9 Å². The largest absolute Gasteiger partial charge is 0.478 e. The molecule has 110 valence electrons. The molecule has 0 unspecified atom stereocenters. The minimum Gasteiger partial charge on any atom is -0.478 e. The molecule has 0 heterocycles. The summed E-state index contributed by atoms with van der Waals surface area (Å²) in [6.45, 7) is 0. The molecule has 8 heteroatoms. The van der Waals surface area contributed by atoms with Crippen LogP contribution in [-0.2, 0) is 10.0 Å². The number of aromatic carboxylic acids is 1. The van der Waals surface area contributed by atoms with Crippen LogP contribution in [0.25, 0.3) is 0 Å². The molecule has 2 rings (SSSR count). The molecular formula is C13H11ClN2O4S. The highest BCUT2D eigenvalue weighted by molar-refractivity contribution is 7.92. The van der Waals surface area contributed by atoms with Gasteiger partial charge in [0.25, 0.3) is 10.0 Å². The minimum atomic E-state index is -3.96. The van der Waals surface area contributed by atoms with Crippen LogP contribution in [0.1, 0.15) is 10.4 Å². The molecule has 0 saturated heterocycles. The first-order valence-corrected chi connectivity index (χ1v) is 7.57. The first-order valence-electron chi connectivity index (χ1n) is 5.71. The van der Waals surface area contributed by atoms with Crippen LogP contribution in [0.5, 0.6) is 0 Å². The molecule has 0 aliphatic heterocycles. The van der Waals surface area contributed by atoms with Gasteiger partial charge in [-0.2, -0.15) is 0 Å². The Kier molecular flexibility index (Phi) is 4.06. The van der Waals surface area contributed by atoms with Crippen molar-refractivity contribution >= 4 is 39.0 Å². The summed E-state index contributed by atoms with van der Waals surface area (Å²) in [4.78, 5) is 10.6. The van der Waals surface area contributed by atoms with Crippen LogP contribution in [0, 0.1) is 0 Å². The van der Waals surface area contributed by atoms with E-state index < -0.39 is 16.0 Å². The second-order valence-corrected chi connectivity index (χ2v) is 6.20. The molecule has 0 aliphatic carbocycles. The quantitative estimate of drug-likeness (QED) is 0.747. The highest BCUT2D eigenvalue weighted by Crippen LogP contribution is 2.26. The Morgan fingerprint density at radius 2 is 1.86 bits per heavy atom. The summed E-state index contributed by atoms with van der Waals surface area (Å²) < 4.78 is 26.8. The van der Waals surface area contributed by atoms with Crippen molar-refractivity contribution in [3.63, 3.8) is 0 Å². The minimum absolute atomic E-state index is 0.0933. The average molecular weight is 327 g/mol. The van der Waals surface area contributed by atoms with Gasteiger partial charge in [0.2, 0.25) is 0 Å². The SMILES string of the molecule is Nc1cc(C(=O)O)ccc1S(=O)(=O)Nc1ccccc1Cl. The molecule has 2 aromatic carbocycles. The lowest BCUT2D eigenvalue weighted by Crippen LogP contribution is -2.15. The van der Waals surface area contributed by atoms with Crippen LogP contribution in [0.2, 0.25) is 5.02 Å². The van der Waals surface area contributed by atoms with Crippen LogP contribution >= 0.6 is 11.6 Å². The summed E-state index contributed by atoms with van der Waals surface area (Å²) in [6.07, 6.45) is 0. The Bertz CT molecular complexity index is 806. The van der Waals surface area contributed by atoms with Crippen molar-refractivity contribution < 1.29 is 18.3 Å². The molecule has 0 saturated carbocycles. The van der Waals surface area contributed by atoms with Crippen molar-refractivity contribution in [3.05, 3.63) is 53.1 Å². The molecule has 21 heavy (non-hydrogen) atoms. The lowest BCUT2D eigenvalue weighted by Gasteiger charge is -2.11. The molecular weight excluding hydrogens is 316 g/mol. The first kappa shape index (κ1) is 15.1. The molecule has 0 amide bonds. The summed E-state index contributed by atoms with van der Waals surface area (Å²) in [6, 6.07) is 9.72. The first-order chi connectivity index (χ1) is 9.81.